The zero-order chi connectivity index (χ0) is 32.7. The van der Waals surface area contributed by atoms with E-state index in [9.17, 15) is 0 Å². The lowest BCUT2D eigenvalue weighted by molar-refractivity contribution is 1.18. The molecule has 7 aromatic carbocycles. The molecule has 0 unspecified atom stereocenters. The van der Waals surface area contributed by atoms with Crippen LogP contribution >= 0.6 is 0 Å². The van der Waals surface area contributed by atoms with Crippen molar-refractivity contribution >= 4 is 32.3 Å². The van der Waals surface area contributed by atoms with Gasteiger partial charge < -0.3 is 0 Å². The van der Waals surface area contributed by atoms with E-state index in [0.29, 0.717) is 5.82 Å². The number of hydrogen-bond donors (Lipinski definition) is 0. The standard InChI is InChI=1S/C46H31N3/c1-30-13-12-22-43(47-30)35-25-34(33-23-24-41-39-20-9-8-18-37(39)38-19-10-11-21-40(38)42(41)28-33)26-36(27-35)46-48-44(31-14-4-2-5-15-31)29-45(49-46)32-16-6-3-7-17-32/h2-29H,1H3. The Balaban J connectivity index is 1.29. The largest absolute Gasteiger partial charge is 0.253 e. The quantitative estimate of drug-likeness (QED) is 0.179. The van der Waals surface area contributed by atoms with Gasteiger partial charge in [0.05, 0.1) is 17.1 Å². The van der Waals surface area contributed by atoms with Gasteiger partial charge in [0.2, 0.25) is 0 Å². The molecular weight excluding hydrogens is 595 g/mol. The van der Waals surface area contributed by atoms with Crippen molar-refractivity contribution in [2.75, 3.05) is 0 Å². The summed E-state index contributed by atoms with van der Waals surface area (Å²) in [6.45, 7) is 2.03. The number of rotatable bonds is 5. The molecule has 0 aliphatic carbocycles. The van der Waals surface area contributed by atoms with E-state index >= 15 is 0 Å². The van der Waals surface area contributed by atoms with Crippen LogP contribution in [0.2, 0.25) is 0 Å². The van der Waals surface area contributed by atoms with Crippen molar-refractivity contribution in [2.45, 2.75) is 6.92 Å². The van der Waals surface area contributed by atoms with E-state index in [0.717, 1.165) is 56.2 Å². The molecule has 0 saturated carbocycles. The highest BCUT2D eigenvalue weighted by Crippen LogP contribution is 2.39. The van der Waals surface area contributed by atoms with Crippen LogP contribution in [0.4, 0.5) is 0 Å². The second-order valence-corrected chi connectivity index (χ2v) is 12.5. The Bertz CT molecular complexity index is 2570. The van der Waals surface area contributed by atoms with Crippen LogP contribution in [0.25, 0.3) is 88.6 Å². The number of fused-ring (bicyclic) bond motifs is 6. The zero-order valence-corrected chi connectivity index (χ0v) is 27.0. The average molecular weight is 626 g/mol. The summed E-state index contributed by atoms with van der Waals surface area (Å²) in [5.41, 5.74) is 9.94. The summed E-state index contributed by atoms with van der Waals surface area (Å²) in [6, 6.07) is 59.9. The molecule has 0 aliphatic heterocycles. The van der Waals surface area contributed by atoms with Crippen molar-refractivity contribution in [3.8, 4) is 56.3 Å². The van der Waals surface area contributed by atoms with E-state index in [2.05, 4.69) is 127 Å². The Morgan fingerprint density at radius 2 is 0.796 bits per heavy atom. The molecule has 0 amide bonds. The first-order chi connectivity index (χ1) is 24.2. The molecule has 230 valence electrons. The molecule has 2 heterocycles. The molecule has 0 bridgehead atoms. The SMILES string of the molecule is Cc1cccc(-c2cc(-c3ccc4c5ccccc5c5ccccc5c4c3)cc(-c3nc(-c4ccccc4)cc(-c4ccccc4)n3)c2)n1. The Morgan fingerprint density at radius 1 is 0.286 bits per heavy atom. The maximum atomic E-state index is 5.18. The molecule has 0 radical (unpaired) electrons. The molecule has 9 rings (SSSR count). The van der Waals surface area contributed by atoms with Gasteiger partial charge in [-0.05, 0) is 92.8 Å². The topological polar surface area (TPSA) is 38.7 Å². The predicted octanol–water partition coefficient (Wildman–Crippen LogP) is 12.0. The summed E-state index contributed by atoms with van der Waals surface area (Å²) in [4.78, 5) is 15.3. The van der Waals surface area contributed by atoms with E-state index in [1.807, 2.05) is 49.4 Å². The lowest BCUT2D eigenvalue weighted by Gasteiger charge is -2.14. The monoisotopic (exact) mass is 625 g/mol. The normalized spacial score (nSPS) is 11.4. The molecule has 0 spiro atoms. The van der Waals surface area contributed by atoms with Gasteiger partial charge in [0, 0.05) is 27.9 Å². The molecule has 3 nitrogen and oxygen atoms in total. The second-order valence-electron chi connectivity index (χ2n) is 12.5. The minimum atomic E-state index is 0.674. The number of nitrogens with zero attached hydrogens (tertiary/aromatic N) is 3. The molecule has 2 aromatic heterocycles. The first-order valence-electron chi connectivity index (χ1n) is 16.6. The summed E-state index contributed by atoms with van der Waals surface area (Å²) in [6.07, 6.45) is 0. The van der Waals surface area contributed by atoms with Crippen LogP contribution in [0.15, 0.2) is 170 Å². The van der Waals surface area contributed by atoms with Crippen LogP contribution in [0.5, 0.6) is 0 Å². The third-order valence-electron chi connectivity index (χ3n) is 9.32. The number of aromatic nitrogens is 3. The van der Waals surface area contributed by atoms with Crippen LogP contribution < -0.4 is 0 Å². The molecule has 0 fully saturated rings. The van der Waals surface area contributed by atoms with E-state index < -0.39 is 0 Å². The lowest BCUT2D eigenvalue weighted by atomic mass is 9.91. The molecule has 49 heavy (non-hydrogen) atoms. The Hall–Kier alpha value is -6.45. The molecule has 0 N–H and O–H groups in total. The van der Waals surface area contributed by atoms with E-state index in [4.69, 9.17) is 15.0 Å². The first-order valence-corrected chi connectivity index (χ1v) is 16.6. The molecule has 9 aromatic rings. The maximum Gasteiger partial charge on any atom is 0.160 e. The second kappa shape index (κ2) is 12.0. The number of pyridine rings is 1. The fourth-order valence-electron chi connectivity index (χ4n) is 6.95. The smallest absolute Gasteiger partial charge is 0.160 e. The van der Waals surface area contributed by atoms with Gasteiger partial charge in [-0.25, -0.2) is 9.97 Å². The number of benzene rings is 7. The summed E-state index contributed by atoms with van der Waals surface area (Å²) < 4.78 is 0. The van der Waals surface area contributed by atoms with Gasteiger partial charge in [0.25, 0.3) is 0 Å². The highest BCUT2D eigenvalue weighted by molar-refractivity contribution is 6.25. The minimum Gasteiger partial charge on any atom is -0.253 e. The van der Waals surface area contributed by atoms with Crippen LogP contribution in [0.3, 0.4) is 0 Å². The lowest BCUT2D eigenvalue weighted by Crippen LogP contribution is -1.97. The van der Waals surface area contributed by atoms with E-state index in [1.165, 1.54) is 32.3 Å². The van der Waals surface area contributed by atoms with Gasteiger partial charge in [-0.3, -0.25) is 4.98 Å². The maximum absolute atomic E-state index is 5.18. The third-order valence-corrected chi connectivity index (χ3v) is 9.32. The Labute approximate surface area is 285 Å². The van der Waals surface area contributed by atoms with Crippen molar-refractivity contribution in [1.82, 2.24) is 15.0 Å². The average Bonchev–Trinajstić information content (AvgIpc) is 3.18. The van der Waals surface area contributed by atoms with E-state index in [-0.39, 0.29) is 0 Å². The summed E-state index contributed by atoms with van der Waals surface area (Å²) in [5.74, 6) is 0.674. The summed E-state index contributed by atoms with van der Waals surface area (Å²) in [7, 11) is 0. The predicted molar refractivity (Wildman–Crippen MR) is 204 cm³/mol. The van der Waals surface area contributed by atoms with Gasteiger partial charge in [-0.15, -0.1) is 0 Å². The summed E-state index contributed by atoms with van der Waals surface area (Å²) >= 11 is 0. The van der Waals surface area contributed by atoms with Gasteiger partial charge >= 0.3 is 0 Å². The molecule has 0 aliphatic rings. The molecular formula is C46H31N3. The fraction of sp³-hybridized carbons (Fsp3) is 0.0217. The molecule has 3 heteroatoms. The zero-order valence-electron chi connectivity index (χ0n) is 27.0. The van der Waals surface area contributed by atoms with Gasteiger partial charge in [0.1, 0.15) is 0 Å². The van der Waals surface area contributed by atoms with Crippen molar-refractivity contribution < 1.29 is 0 Å². The van der Waals surface area contributed by atoms with Crippen LogP contribution in [0.1, 0.15) is 5.69 Å². The van der Waals surface area contributed by atoms with Crippen molar-refractivity contribution in [3.63, 3.8) is 0 Å². The summed E-state index contributed by atoms with van der Waals surface area (Å²) in [5, 5.41) is 7.54. The van der Waals surface area contributed by atoms with Crippen LogP contribution in [-0.4, -0.2) is 15.0 Å². The third kappa shape index (κ3) is 5.32. The Kier molecular flexibility index (Phi) is 7.02. The number of aryl methyl sites for hydroxylation is 1. The molecule has 0 saturated heterocycles. The van der Waals surface area contributed by atoms with Crippen molar-refractivity contribution in [1.29, 1.82) is 0 Å². The van der Waals surface area contributed by atoms with Crippen molar-refractivity contribution in [3.05, 3.63) is 176 Å². The first kappa shape index (κ1) is 28.7. The minimum absolute atomic E-state index is 0.674. The number of hydrogen-bond acceptors (Lipinski definition) is 3. The fourth-order valence-corrected chi connectivity index (χ4v) is 6.95. The highest BCUT2D eigenvalue weighted by Gasteiger charge is 2.15. The Morgan fingerprint density at radius 3 is 1.39 bits per heavy atom. The van der Waals surface area contributed by atoms with Gasteiger partial charge in [-0.1, -0.05) is 127 Å². The van der Waals surface area contributed by atoms with Gasteiger partial charge in [0.15, 0.2) is 5.82 Å². The highest BCUT2D eigenvalue weighted by atomic mass is 14.9. The van der Waals surface area contributed by atoms with Crippen LogP contribution in [0, 0.1) is 6.92 Å². The van der Waals surface area contributed by atoms with Crippen molar-refractivity contribution in [2.24, 2.45) is 0 Å². The van der Waals surface area contributed by atoms with E-state index in [1.54, 1.807) is 0 Å². The van der Waals surface area contributed by atoms with Gasteiger partial charge in [-0.2, -0.15) is 0 Å². The molecule has 0 atom stereocenters. The van der Waals surface area contributed by atoms with Crippen LogP contribution in [-0.2, 0) is 0 Å².